The molecule has 0 aliphatic heterocycles. The molecule has 1 atom stereocenters. The summed E-state index contributed by atoms with van der Waals surface area (Å²) in [5.41, 5.74) is 4.75. The second-order valence-corrected chi connectivity index (χ2v) is 7.31. The molecule has 0 saturated heterocycles. The molecule has 1 unspecified atom stereocenters. The summed E-state index contributed by atoms with van der Waals surface area (Å²) in [7, 11) is 7.31. The molecule has 0 aliphatic rings. The van der Waals surface area contributed by atoms with Crippen molar-refractivity contribution in [3.8, 4) is 0 Å². The molecule has 0 saturated carbocycles. The molecule has 0 spiro atoms. The predicted octanol–water partition coefficient (Wildman–Crippen LogP) is 3.20. The van der Waals surface area contributed by atoms with Gasteiger partial charge in [-0.3, -0.25) is 4.79 Å². The van der Waals surface area contributed by atoms with E-state index >= 15 is 0 Å². The van der Waals surface area contributed by atoms with Crippen LogP contribution in [0.5, 0.6) is 0 Å². The quantitative estimate of drug-likeness (QED) is 0.711. The van der Waals surface area contributed by atoms with Crippen molar-refractivity contribution in [2.24, 2.45) is 0 Å². The summed E-state index contributed by atoms with van der Waals surface area (Å²) in [6, 6.07) is 4.07. The van der Waals surface area contributed by atoms with Crippen LogP contribution in [0.15, 0.2) is 23.1 Å². The average Bonchev–Trinajstić information content (AvgIpc) is 2.63. The zero-order valence-corrected chi connectivity index (χ0v) is 18.0. The Bertz CT molecular complexity index is 838. The van der Waals surface area contributed by atoms with Crippen molar-refractivity contribution in [2.45, 2.75) is 33.2 Å². The van der Waals surface area contributed by atoms with Gasteiger partial charge >= 0.3 is 0 Å². The highest BCUT2D eigenvalue weighted by Crippen LogP contribution is 2.28. The first kappa shape index (κ1) is 21.9. The number of rotatable bonds is 9. The summed E-state index contributed by atoms with van der Waals surface area (Å²) >= 11 is 0. The largest absolute Gasteiger partial charge is 0.385 e. The van der Waals surface area contributed by atoms with Crippen LogP contribution in [0.3, 0.4) is 0 Å². The molecule has 0 amide bonds. The summed E-state index contributed by atoms with van der Waals surface area (Å²) in [6.07, 6.45) is 2.46. The highest BCUT2D eigenvalue weighted by atomic mass is 16.5. The van der Waals surface area contributed by atoms with E-state index in [2.05, 4.69) is 27.3 Å². The van der Waals surface area contributed by atoms with E-state index in [4.69, 9.17) is 9.47 Å². The Morgan fingerprint density at radius 2 is 1.79 bits per heavy atom. The van der Waals surface area contributed by atoms with Crippen molar-refractivity contribution in [3.63, 3.8) is 0 Å². The molecule has 0 radical (unpaired) electrons. The lowest BCUT2D eigenvalue weighted by Crippen LogP contribution is -2.31. The number of anilines is 3. The van der Waals surface area contributed by atoms with Gasteiger partial charge in [0.15, 0.2) is 5.82 Å². The van der Waals surface area contributed by atoms with Crippen LogP contribution in [0.2, 0.25) is 0 Å². The van der Waals surface area contributed by atoms with E-state index in [-0.39, 0.29) is 11.6 Å². The smallest absolute Gasteiger partial charge is 0.294 e. The lowest BCUT2D eigenvalue weighted by molar-refractivity contribution is 0.119. The fourth-order valence-electron chi connectivity index (χ4n) is 3.25. The average molecular weight is 389 g/mol. The van der Waals surface area contributed by atoms with E-state index in [1.165, 1.54) is 0 Å². The molecule has 154 valence electrons. The second kappa shape index (κ2) is 9.71. The molecule has 7 nitrogen and oxygen atoms in total. The van der Waals surface area contributed by atoms with Crippen molar-refractivity contribution >= 4 is 17.2 Å². The minimum atomic E-state index is -0.167. The van der Waals surface area contributed by atoms with Gasteiger partial charge in [0.2, 0.25) is 0 Å². The van der Waals surface area contributed by atoms with Crippen LogP contribution < -0.4 is 15.8 Å². The number of aryl methyl sites for hydroxylation is 3. The summed E-state index contributed by atoms with van der Waals surface area (Å²) in [5, 5.41) is 3.27. The standard InChI is InChI=1S/C21H32N4O3/c1-14-10-18(24(4)5)11-15(2)19(14)23-20-21(26)25(12-16(3)22-20)17(13-28-7)8-9-27-6/h10-12,17H,8-9,13H2,1-7H3,(H,22,23). The lowest BCUT2D eigenvalue weighted by atomic mass is 10.1. The maximum absolute atomic E-state index is 13.1. The number of ether oxygens (including phenoxy) is 2. The highest BCUT2D eigenvalue weighted by molar-refractivity contribution is 5.69. The monoisotopic (exact) mass is 388 g/mol. The molecular formula is C21H32N4O3. The van der Waals surface area contributed by atoms with E-state index in [1.54, 1.807) is 25.0 Å². The SMILES string of the molecule is COCCC(COC)n1cc(C)nc(Nc2c(C)cc(N(C)C)cc2C)c1=O. The number of nitrogens with one attached hydrogen (secondary N) is 1. The lowest BCUT2D eigenvalue weighted by Gasteiger charge is -2.21. The third-order valence-corrected chi connectivity index (χ3v) is 4.74. The Hall–Kier alpha value is -2.38. The number of nitrogens with zero attached hydrogens (tertiary/aromatic N) is 3. The van der Waals surface area contributed by atoms with E-state index in [9.17, 15) is 4.79 Å². The molecule has 1 aromatic heterocycles. The first-order chi connectivity index (χ1) is 13.3. The summed E-state index contributed by atoms with van der Waals surface area (Å²) < 4.78 is 12.2. The molecule has 28 heavy (non-hydrogen) atoms. The van der Waals surface area contributed by atoms with Crippen molar-refractivity contribution in [2.75, 3.05) is 51.7 Å². The van der Waals surface area contributed by atoms with Gasteiger partial charge in [-0.25, -0.2) is 4.98 Å². The molecule has 2 aromatic rings. The Morgan fingerprint density at radius 1 is 1.14 bits per heavy atom. The van der Waals surface area contributed by atoms with Gasteiger partial charge in [-0.15, -0.1) is 0 Å². The molecule has 1 N–H and O–H groups in total. The fourth-order valence-corrected chi connectivity index (χ4v) is 3.25. The minimum Gasteiger partial charge on any atom is -0.385 e. The van der Waals surface area contributed by atoms with Crippen molar-refractivity contribution in [1.82, 2.24) is 9.55 Å². The van der Waals surface area contributed by atoms with Gasteiger partial charge in [-0.05, 0) is 50.5 Å². The van der Waals surface area contributed by atoms with Gasteiger partial charge in [-0.1, -0.05) is 0 Å². The van der Waals surface area contributed by atoms with Gasteiger partial charge < -0.3 is 24.3 Å². The molecule has 0 aliphatic carbocycles. The summed E-state index contributed by atoms with van der Waals surface area (Å²) in [5.74, 6) is 0.322. The second-order valence-electron chi connectivity index (χ2n) is 7.31. The van der Waals surface area contributed by atoms with E-state index in [1.807, 2.05) is 34.9 Å². The van der Waals surface area contributed by atoms with Crippen LogP contribution in [0, 0.1) is 20.8 Å². The van der Waals surface area contributed by atoms with Crippen LogP contribution in [-0.2, 0) is 9.47 Å². The van der Waals surface area contributed by atoms with Gasteiger partial charge in [0.05, 0.1) is 18.3 Å². The Balaban J connectivity index is 2.45. The topological polar surface area (TPSA) is 68.6 Å². The third kappa shape index (κ3) is 5.11. The van der Waals surface area contributed by atoms with E-state index in [0.717, 1.165) is 28.2 Å². The zero-order valence-electron chi connectivity index (χ0n) is 18.0. The number of benzene rings is 1. The fraction of sp³-hybridized carbons (Fsp3) is 0.524. The van der Waals surface area contributed by atoms with Crippen LogP contribution >= 0.6 is 0 Å². The van der Waals surface area contributed by atoms with E-state index < -0.39 is 0 Å². The number of hydrogen-bond donors (Lipinski definition) is 1. The minimum absolute atomic E-state index is 0.113. The third-order valence-electron chi connectivity index (χ3n) is 4.74. The normalized spacial score (nSPS) is 12.1. The van der Waals surface area contributed by atoms with Crippen LogP contribution in [0.4, 0.5) is 17.2 Å². The molecular weight excluding hydrogens is 356 g/mol. The van der Waals surface area contributed by atoms with Crippen molar-refractivity contribution in [3.05, 3.63) is 45.5 Å². The van der Waals surface area contributed by atoms with Gasteiger partial charge in [0.1, 0.15) is 0 Å². The Morgan fingerprint density at radius 3 is 2.32 bits per heavy atom. The molecule has 1 aromatic carbocycles. The maximum atomic E-state index is 13.1. The van der Waals surface area contributed by atoms with Crippen LogP contribution in [0.25, 0.3) is 0 Å². The molecule has 0 bridgehead atoms. The number of hydrogen-bond acceptors (Lipinski definition) is 6. The first-order valence-electron chi connectivity index (χ1n) is 9.41. The van der Waals surface area contributed by atoms with Crippen LogP contribution in [0.1, 0.15) is 29.3 Å². The van der Waals surface area contributed by atoms with Gasteiger partial charge in [0.25, 0.3) is 5.56 Å². The van der Waals surface area contributed by atoms with Crippen molar-refractivity contribution in [1.29, 1.82) is 0 Å². The Labute approximate surface area is 167 Å². The highest BCUT2D eigenvalue weighted by Gasteiger charge is 2.17. The molecule has 2 rings (SSSR count). The van der Waals surface area contributed by atoms with Crippen LogP contribution in [-0.4, -0.2) is 51.1 Å². The molecule has 1 heterocycles. The zero-order chi connectivity index (χ0) is 20.8. The van der Waals surface area contributed by atoms with Gasteiger partial charge in [-0.2, -0.15) is 0 Å². The summed E-state index contributed by atoms with van der Waals surface area (Å²) in [6.45, 7) is 6.93. The maximum Gasteiger partial charge on any atom is 0.294 e. The van der Waals surface area contributed by atoms with Crippen molar-refractivity contribution < 1.29 is 9.47 Å². The summed E-state index contributed by atoms with van der Waals surface area (Å²) in [4.78, 5) is 19.7. The van der Waals surface area contributed by atoms with Gasteiger partial charge in [0, 0.05) is 52.5 Å². The number of methoxy groups -OCH3 is 2. The number of aromatic nitrogens is 2. The first-order valence-corrected chi connectivity index (χ1v) is 9.41. The molecule has 7 heteroatoms. The van der Waals surface area contributed by atoms with E-state index in [0.29, 0.717) is 25.5 Å². The predicted molar refractivity (Wildman–Crippen MR) is 114 cm³/mol. The Kier molecular flexibility index (Phi) is 7.60. The molecule has 0 fully saturated rings.